The van der Waals surface area contributed by atoms with Gasteiger partial charge in [-0.3, -0.25) is 34.9 Å². The lowest BCUT2D eigenvalue weighted by Crippen LogP contribution is -2.45. The van der Waals surface area contributed by atoms with Crippen molar-refractivity contribution >= 4 is 23.6 Å². The molecule has 2 aliphatic rings. The number of benzene rings is 1. The number of amides is 4. The smallest absolute Gasteiger partial charge is 0.276 e. The second kappa shape index (κ2) is 9.94. The van der Waals surface area contributed by atoms with Gasteiger partial charge in [-0.1, -0.05) is 38.8 Å². The lowest BCUT2D eigenvalue weighted by Gasteiger charge is -2.19. The van der Waals surface area contributed by atoms with Gasteiger partial charge in [0, 0.05) is 13.0 Å². The molecule has 2 N–H and O–H groups in total. The number of aryl methyl sites for hydroxylation is 1. The Balaban J connectivity index is 1.42. The third-order valence-corrected chi connectivity index (χ3v) is 5.99. The molecule has 3 rings (SSSR count). The number of carbonyl (C=O) groups is 4. The Bertz CT molecular complexity index is 843. The average Bonchev–Trinajstić information content (AvgIpc) is 2.99. The molecule has 4 amide bonds. The molecule has 1 aromatic rings. The maximum Gasteiger partial charge on any atom is 0.276 e. The molecule has 31 heavy (non-hydrogen) atoms. The molecule has 1 saturated carbocycles. The zero-order valence-corrected chi connectivity index (χ0v) is 18.4. The van der Waals surface area contributed by atoms with E-state index in [-0.39, 0.29) is 49.1 Å². The number of hydrazine groups is 1. The molecule has 8 heteroatoms. The summed E-state index contributed by atoms with van der Waals surface area (Å²) in [5.41, 5.74) is 6.66. The first-order valence-corrected chi connectivity index (χ1v) is 10.9. The van der Waals surface area contributed by atoms with Crippen molar-refractivity contribution in [2.75, 3.05) is 13.2 Å². The molecule has 1 aliphatic carbocycles. The molecular weight excluding hydrogens is 398 g/mol. The van der Waals surface area contributed by atoms with Gasteiger partial charge >= 0.3 is 0 Å². The first-order chi connectivity index (χ1) is 14.8. The van der Waals surface area contributed by atoms with Crippen LogP contribution in [0.5, 0.6) is 5.75 Å². The highest BCUT2D eigenvalue weighted by Crippen LogP contribution is 2.37. The fourth-order valence-electron chi connectivity index (χ4n) is 4.29. The van der Waals surface area contributed by atoms with Crippen molar-refractivity contribution in [3.05, 3.63) is 29.3 Å². The molecule has 1 saturated heterocycles. The molecule has 0 unspecified atom stereocenters. The summed E-state index contributed by atoms with van der Waals surface area (Å²) in [4.78, 5) is 50.2. The van der Waals surface area contributed by atoms with Crippen molar-refractivity contribution in [3.8, 4) is 5.75 Å². The standard InChI is InChI=1S/C23H31N3O5/c1-14(2)16-9-8-15(3)12-19(16)31-13-21(28)25-24-20(27)10-11-26-22(29)17-6-4-5-7-18(17)23(26)30/h8-9,12,14,17-18H,4-7,10-11,13H2,1-3H3,(H,24,27)(H,25,28)/t17-,18+. The summed E-state index contributed by atoms with van der Waals surface area (Å²) in [6.07, 6.45) is 3.35. The third-order valence-electron chi connectivity index (χ3n) is 5.99. The van der Waals surface area contributed by atoms with Gasteiger partial charge in [0.25, 0.3) is 5.91 Å². The minimum absolute atomic E-state index is 0.0317. The SMILES string of the molecule is Cc1ccc(C(C)C)c(OCC(=O)NNC(=O)CCN2C(=O)[C@H]3CCCC[C@H]3C2=O)c1. The maximum absolute atomic E-state index is 12.4. The van der Waals surface area contributed by atoms with Crippen molar-refractivity contribution in [1.29, 1.82) is 0 Å². The van der Waals surface area contributed by atoms with Crippen LogP contribution in [0.3, 0.4) is 0 Å². The average molecular weight is 430 g/mol. The van der Waals surface area contributed by atoms with Crippen LogP contribution < -0.4 is 15.6 Å². The van der Waals surface area contributed by atoms with Crippen molar-refractivity contribution in [2.24, 2.45) is 11.8 Å². The van der Waals surface area contributed by atoms with Crippen molar-refractivity contribution in [2.45, 2.75) is 58.8 Å². The number of carbonyl (C=O) groups excluding carboxylic acids is 4. The van der Waals surface area contributed by atoms with Crippen LogP contribution in [0.2, 0.25) is 0 Å². The number of imide groups is 1. The molecule has 0 bridgehead atoms. The highest BCUT2D eigenvalue weighted by atomic mass is 16.5. The summed E-state index contributed by atoms with van der Waals surface area (Å²) < 4.78 is 5.64. The third kappa shape index (κ3) is 5.42. The molecule has 0 aromatic heterocycles. The number of ether oxygens (including phenoxy) is 1. The van der Waals surface area contributed by atoms with Crippen LogP contribution in [0.15, 0.2) is 18.2 Å². The predicted molar refractivity (Wildman–Crippen MR) is 114 cm³/mol. The molecule has 0 spiro atoms. The van der Waals surface area contributed by atoms with Crippen LogP contribution >= 0.6 is 0 Å². The lowest BCUT2D eigenvalue weighted by atomic mass is 9.81. The van der Waals surface area contributed by atoms with Crippen molar-refractivity contribution in [3.63, 3.8) is 0 Å². The Labute approximate surface area is 182 Å². The molecule has 0 radical (unpaired) electrons. The number of rotatable bonds is 7. The Kier molecular flexibility index (Phi) is 7.30. The highest BCUT2D eigenvalue weighted by molar-refractivity contribution is 6.05. The van der Waals surface area contributed by atoms with E-state index in [1.54, 1.807) is 0 Å². The van der Waals surface area contributed by atoms with Gasteiger partial charge in [0.15, 0.2) is 6.61 Å². The minimum Gasteiger partial charge on any atom is -0.483 e. The van der Waals surface area contributed by atoms with Crippen molar-refractivity contribution in [1.82, 2.24) is 15.8 Å². The van der Waals surface area contributed by atoms with E-state index in [9.17, 15) is 19.2 Å². The van der Waals surface area contributed by atoms with Gasteiger partial charge < -0.3 is 4.74 Å². The molecule has 1 aliphatic heterocycles. The van der Waals surface area contributed by atoms with E-state index in [1.807, 2.05) is 39.0 Å². The normalized spacial score (nSPS) is 20.6. The molecule has 2 fully saturated rings. The lowest BCUT2D eigenvalue weighted by molar-refractivity contribution is -0.140. The first-order valence-electron chi connectivity index (χ1n) is 10.9. The number of likely N-dealkylation sites (tertiary alicyclic amines) is 1. The van der Waals surface area contributed by atoms with E-state index in [4.69, 9.17) is 4.74 Å². The zero-order valence-electron chi connectivity index (χ0n) is 18.4. The van der Waals surface area contributed by atoms with Crippen LogP contribution in [0.1, 0.15) is 63.0 Å². The molecule has 2 atom stereocenters. The van der Waals surface area contributed by atoms with Gasteiger partial charge in [0.1, 0.15) is 5.75 Å². The highest BCUT2D eigenvalue weighted by Gasteiger charge is 2.47. The Morgan fingerprint density at radius 1 is 1.06 bits per heavy atom. The Morgan fingerprint density at radius 2 is 1.68 bits per heavy atom. The van der Waals surface area contributed by atoms with Crippen molar-refractivity contribution < 1.29 is 23.9 Å². The second-order valence-electron chi connectivity index (χ2n) is 8.66. The van der Waals surface area contributed by atoms with E-state index < -0.39 is 11.8 Å². The molecule has 168 valence electrons. The number of nitrogens with zero attached hydrogens (tertiary/aromatic N) is 1. The van der Waals surface area contributed by atoms with Crippen LogP contribution in [0.25, 0.3) is 0 Å². The van der Waals surface area contributed by atoms with E-state index in [1.165, 1.54) is 4.90 Å². The minimum atomic E-state index is -0.496. The number of hydrogen-bond acceptors (Lipinski definition) is 5. The molecule has 1 heterocycles. The fourth-order valence-corrected chi connectivity index (χ4v) is 4.29. The largest absolute Gasteiger partial charge is 0.483 e. The molecular formula is C23H31N3O5. The van der Waals surface area contributed by atoms with Crippen LogP contribution in [0.4, 0.5) is 0 Å². The number of fused-ring (bicyclic) bond motifs is 1. The van der Waals surface area contributed by atoms with Gasteiger partial charge in [-0.05, 0) is 42.9 Å². The predicted octanol–water partition coefficient (Wildman–Crippen LogP) is 2.21. The fraction of sp³-hybridized carbons (Fsp3) is 0.565. The number of hydrogen-bond donors (Lipinski definition) is 2. The zero-order chi connectivity index (χ0) is 22.5. The van der Waals surface area contributed by atoms with Gasteiger partial charge in [-0.25, -0.2) is 0 Å². The number of nitrogens with one attached hydrogen (secondary N) is 2. The summed E-state index contributed by atoms with van der Waals surface area (Å²) in [5, 5.41) is 0. The molecule has 8 nitrogen and oxygen atoms in total. The van der Waals surface area contributed by atoms with Crippen LogP contribution in [0, 0.1) is 18.8 Å². The summed E-state index contributed by atoms with van der Waals surface area (Å²) in [5.74, 6) is -0.858. The second-order valence-corrected chi connectivity index (χ2v) is 8.66. The first kappa shape index (κ1) is 22.8. The van der Waals surface area contributed by atoms with Gasteiger partial charge in [-0.15, -0.1) is 0 Å². The van der Waals surface area contributed by atoms with E-state index >= 15 is 0 Å². The van der Waals surface area contributed by atoms with Gasteiger partial charge in [0.2, 0.25) is 17.7 Å². The van der Waals surface area contributed by atoms with Crippen LogP contribution in [-0.4, -0.2) is 41.7 Å². The van der Waals surface area contributed by atoms with E-state index in [2.05, 4.69) is 10.9 Å². The van der Waals surface area contributed by atoms with E-state index in [0.29, 0.717) is 5.75 Å². The Hall–Kier alpha value is -2.90. The quantitative estimate of drug-likeness (QED) is 0.511. The molecule has 1 aromatic carbocycles. The van der Waals surface area contributed by atoms with Crippen LogP contribution in [-0.2, 0) is 19.2 Å². The Morgan fingerprint density at radius 3 is 2.29 bits per heavy atom. The van der Waals surface area contributed by atoms with E-state index in [0.717, 1.165) is 36.8 Å². The summed E-state index contributed by atoms with van der Waals surface area (Å²) in [7, 11) is 0. The summed E-state index contributed by atoms with van der Waals surface area (Å²) in [6, 6.07) is 5.85. The summed E-state index contributed by atoms with van der Waals surface area (Å²) in [6.45, 7) is 5.83. The van der Waals surface area contributed by atoms with Gasteiger partial charge in [-0.2, -0.15) is 0 Å². The topological polar surface area (TPSA) is 105 Å². The maximum atomic E-state index is 12.4. The van der Waals surface area contributed by atoms with Gasteiger partial charge in [0.05, 0.1) is 11.8 Å². The monoisotopic (exact) mass is 429 g/mol. The summed E-state index contributed by atoms with van der Waals surface area (Å²) >= 11 is 0.